The van der Waals surface area contributed by atoms with Gasteiger partial charge in [0.25, 0.3) is 28.6 Å². The summed E-state index contributed by atoms with van der Waals surface area (Å²) in [6.07, 6.45) is 0. The van der Waals surface area contributed by atoms with Crippen LogP contribution in [0.3, 0.4) is 0 Å². The summed E-state index contributed by atoms with van der Waals surface area (Å²) in [5, 5.41) is 26.1. The molecule has 0 atom stereocenters. The van der Waals surface area contributed by atoms with Gasteiger partial charge in [0.2, 0.25) is 0 Å². The van der Waals surface area contributed by atoms with Gasteiger partial charge in [-0.15, -0.1) is 11.3 Å². The Labute approximate surface area is 394 Å². The highest BCUT2D eigenvalue weighted by atomic mass is 32.1. The molecule has 0 radical (unpaired) electrons. The molecule has 69 heavy (non-hydrogen) atoms. The van der Waals surface area contributed by atoms with E-state index in [1.54, 1.807) is 82.9 Å². The number of rotatable bonds is 14. The monoisotopic (exact) mass is 953 g/mol. The van der Waals surface area contributed by atoms with E-state index in [1.807, 2.05) is 24.3 Å². The highest BCUT2D eigenvalue weighted by Crippen LogP contribution is 2.19. The maximum atomic E-state index is 13.2. The number of carbonyl (C=O) groups excluding carboxylic acids is 2. The number of thiophene rings is 1. The standard InChI is InChI=1S/C25H22N4O6.C24H21N3O6S/c1-27-22-12-7-18(23(30)26-14-16-5-10-20(35-2)11-6-16)13-21(22)24(31)28(25(27)32)15-17-3-8-19(9-4-17)29(33)34;1-26-19-9-5-15(21(28)25-12-14-3-6-16(33-2)7-4-14)11-18(19)22(29)27(24(26)32)13-17-8-10-20(34-17)23(30)31/h3-13H,14-15H2,1-2H3,(H,26,30);3-11H,12-13H2,1-2H3,(H,25,28)(H,30,31). The Bertz CT molecular complexity index is 3520. The number of non-ortho nitro benzene ring substituents is 1. The van der Waals surface area contributed by atoms with E-state index < -0.39 is 33.4 Å². The summed E-state index contributed by atoms with van der Waals surface area (Å²) in [7, 11) is 6.24. The van der Waals surface area contributed by atoms with Crippen molar-refractivity contribution in [3.63, 3.8) is 0 Å². The molecule has 8 aromatic rings. The molecule has 3 heterocycles. The van der Waals surface area contributed by atoms with Crippen LogP contribution in [0.25, 0.3) is 21.8 Å². The van der Waals surface area contributed by atoms with Crippen LogP contribution in [-0.4, -0.2) is 60.3 Å². The van der Waals surface area contributed by atoms with Gasteiger partial charge < -0.3 is 25.2 Å². The number of ether oxygens (including phenoxy) is 2. The molecule has 0 fully saturated rings. The van der Waals surface area contributed by atoms with Crippen molar-refractivity contribution in [2.24, 2.45) is 14.1 Å². The zero-order valence-corrected chi connectivity index (χ0v) is 38.3. The Morgan fingerprint density at radius 1 is 0.609 bits per heavy atom. The Kier molecular flexibility index (Phi) is 14.4. The third-order valence-electron chi connectivity index (χ3n) is 11.1. The average Bonchev–Trinajstić information content (AvgIpc) is 3.85. The molecule has 0 aliphatic heterocycles. The predicted molar refractivity (Wildman–Crippen MR) is 258 cm³/mol. The second-order valence-electron chi connectivity index (χ2n) is 15.5. The van der Waals surface area contributed by atoms with Crippen molar-refractivity contribution in [3.8, 4) is 11.5 Å². The fourth-order valence-electron chi connectivity index (χ4n) is 7.29. The number of carbonyl (C=O) groups is 3. The fraction of sp³-hybridized carbons (Fsp3) is 0.163. The normalized spacial score (nSPS) is 10.8. The number of hydrogen-bond donors (Lipinski definition) is 3. The van der Waals surface area contributed by atoms with E-state index in [4.69, 9.17) is 14.6 Å². The first-order valence-corrected chi connectivity index (χ1v) is 21.7. The molecule has 3 aromatic heterocycles. The van der Waals surface area contributed by atoms with Gasteiger partial charge in [-0.1, -0.05) is 36.4 Å². The number of aromatic carboxylic acids is 1. The quantitative estimate of drug-likeness (QED) is 0.0959. The van der Waals surface area contributed by atoms with Gasteiger partial charge in [-0.3, -0.25) is 47.6 Å². The molecule has 0 saturated heterocycles. The molecule has 0 saturated carbocycles. The molecule has 352 valence electrons. The van der Waals surface area contributed by atoms with Crippen molar-refractivity contribution in [3.05, 3.63) is 211 Å². The van der Waals surface area contributed by atoms with Gasteiger partial charge in [0.05, 0.1) is 54.0 Å². The molecule has 3 N–H and O–H groups in total. The fourth-order valence-corrected chi connectivity index (χ4v) is 8.12. The number of benzene rings is 5. The number of hydrogen-bond acceptors (Lipinski definition) is 12. The number of aromatic nitrogens is 4. The first-order valence-electron chi connectivity index (χ1n) is 20.9. The molecular weight excluding hydrogens is 911 g/mol. The molecule has 0 aliphatic carbocycles. The molecule has 2 amide bonds. The maximum Gasteiger partial charge on any atom is 0.345 e. The van der Waals surface area contributed by atoms with Crippen LogP contribution in [0.2, 0.25) is 0 Å². The summed E-state index contributed by atoms with van der Waals surface area (Å²) in [6.45, 7) is 0.460. The average molecular weight is 954 g/mol. The van der Waals surface area contributed by atoms with Crippen LogP contribution in [0.4, 0.5) is 5.69 Å². The molecule has 5 aromatic carbocycles. The van der Waals surface area contributed by atoms with E-state index >= 15 is 0 Å². The van der Waals surface area contributed by atoms with Crippen molar-refractivity contribution in [2.75, 3.05) is 14.2 Å². The topological polar surface area (TPSA) is 245 Å². The molecular formula is C49H43N7O12S. The van der Waals surface area contributed by atoms with Gasteiger partial charge in [0.1, 0.15) is 16.4 Å². The van der Waals surface area contributed by atoms with Crippen LogP contribution in [0, 0.1) is 10.1 Å². The van der Waals surface area contributed by atoms with Crippen molar-refractivity contribution >= 4 is 56.6 Å². The van der Waals surface area contributed by atoms with Gasteiger partial charge in [-0.2, -0.15) is 0 Å². The number of nitrogens with one attached hydrogen (secondary N) is 2. The van der Waals surface area contributed by atoms with E-state index in [-0.39, 0.29) is 57.4 Å². The lowest BCUT2D eigenvalue weighted by molar-refractivity contribution is -0.384. The number of aryl methyl sites for hydroxylation is 2. The van der Waals surface area contributed by atoms with Crippen molar-refractivity contribution < 1.29 is 33.9 Å². The lowest BCUT2D eigenvalue weighted by atomic mass is 10.1. The summed E-state index contributed by atoms with van der Waals surface area (Å²) >= 11 is 1.000. The van der Waals surface area contributed by atoms with Gasteiger partial charge in [0.15, 0.2) is 0 Å². The molecule has 0 spiro atoms. The highest BCUT2D eigenvalue weighted by Gasteiger charge is 2.18. The number of nitro groups is 1. The number of fused-ring (bicyclic) bond motifs is 2. The first-order chi connectivity index (χ1) is 33.1. The summed E-state index contributed by atoms with van der Waals surface area (Å²) in [4.78, 5) is 99.6. The number of nitrogens with zero attached hydrogens (tertiary/aromatic N) is 5. The van der Waals surface area contributed by atoms with Crippen LogP contribution in [0.5, 0.6) is 11.5 Å². The zero-order chi connectivity index (χ0) is 49.5. The number of carboxylic acids is 1. The number of carboxylic acid groups (broad SMARTS) is 1. The Morgan fingerprint density at radius 3 is 1.45 bits per heavy atom. The van der Waals surface area contributed by atoms with Crippen LogP contribution < -0.4 is 42.6 Å². The second kappa shape index (κ2) is 20.7. The third-order valence-corrected chi connectivity index (χ3v) is 12.2. The highest BCUT2D eigenvalue weighted by molar-refractivity contribution is 7.13. The summed E-state index contributed by atoms with van der Waals surface area (Å²) in [5.74, 6) is -0.362. The molecule has 0 bridgehead atoms. The third kappa shape index (κ3) is 10.7. The largest absolute Gasteiger partial charge is 0.497 e. The Balaban J connectivity index is 0.000000204. The summed E-state index contributed by atoms with van der Waals surface area (Å²) in [6, 6.07) is 32.4. The van der Waals surface area contributed by atoms with Crippen LogP contribution in [0.1, 0.15) is 52.0 Å². The van der Waals surface area contributed by atoms with Crippen molar-refractivity contribution in [2.45, 2.75) is 26.2 Å². The van der Waals surface area contributed by atoms with Crippen molar-refractivity contribution in [1.82, 2.24) is 28.9 Å². The number of methoxy groups -OCH3 is 2. The van der Waals surface area contributed by atoms with Crippen molar-refractivity contribution in [1.29, 1.82) is 0 Å². The maximum absolute atomic E-state index is 13.2. The van der Waals surface area contributed by atoms with Crippen LogP contribution >= 0.6 is 11.3 Å². The van der Waals surface area contributed by atoms with E-state index in [0.717, 1.165) is 31.6 Å². The molecule has 0 aliphatic rings. The summed E-state index contributed by atoms with van der Waals surface area (Å²) < 4.78 is 15.0. The molecule has 0 unspecified atom stereocenters. The molecule has 20 heteroatoms. The number of nitro benzene ring substituents is 1. The molecule has 19 nitrogen and oxygen atoms in total. The minimum Gasteiger partial charge on any atom is -0.497 e. The number of amides is 2. The Morgan fingerprint density at radius 2 is 1.04 bits per heavy atom. The van der Waals surface area contributed by atoms with Gasteiger partial charge in [-0.05, 0) is 89.5 Å². The van der Waals surface area contributed by atoms with Gasteiger partial charge in [0, 0.05) is 55.3 Å². The van der Waals surface area contributed by atoms with E-state index in [9.17, 15) is 43.7 Å². The van der Waals surface area contributed by atoms with E-state index in [1.165, 1.54) is 51.6 Å². The first kappa shape index (κ1) is 48.0. The predicted octanol–water partition coefficient (Wildman–Crippen LogP) is 5.04. The SMILES string of the molecule is COc1ccc(CNC(=O)c2ccc3c(c2)c(=O)n(Cc2ccc(C(=O)O)s2)c(=O)n3C)cc1.COc1ccc(CNC(=O)c2ccc3c(c2)c(=O)n(Cc2ccc([N+](=O)[O-])cc2)c(=O)n3C)cc1. The Hall–Kier alpha value is -8.91. The van der Waals surface area contributed by atoms with Gasteiger partial charge in [-0.25, -0.2) is 14.4 Å². The van der Waals surface area contributed by atoms with Crippen LogP contribution in [0.15, 0.2) is 141 Å². The molecule has 8 rings (SSSR count). The smallest absolute Gasteiger partial charge is 0.345 e. The summed E-state index contributed by atoms with van der Waals surface area (Å²) in [5.41, 5.74) is 1.44. The zero-order valence-electron chi connectivity index (χ0n) is 37.5. The minimum absolute atomic E-state index is 0.0622. The second-order valence-corrected chi connectivity index (χ2v) is 16.7. The lowest BCUT2D eigenvalue weighted by Gasteiger charge is -2.12. The van der Waals surface area contributed by atoms with Gasteiger partial charge >= 0.3 is 17.3 Å². The minimum atomic E-state index is -1.07. The van der Waals surface area contributed by atoms with E-state index in [0.29, 0.717) is 46.1 Å². The van der Waals surface area contributed by atoms with Crippen LogP contribution in [-0.2, 0) is 40.3 Å². The lowest BCUT2D eigenvalue weighted by Crippen LogP contribution is -2.39. The van der Waals surface area contributed by atoms with E-state index in [2.05, 4.69) is 10.6 Å².